The van der Waals surface area contributed by atoms with Crippen LogP contribution in [0.5, 0.6) is 0 Å². The predicted octanol–water partition coefficient (Wildman–Crippen LogP) is 1.95. The van der Waals surface area contributed by atoms with Crippen LogP contribution in [0.15, 0.2) is 0 Å². The minimum Gasteiger partial charge on any atom is -0.396 e. The number of fused-ring (bicyclic) bond motifs is 2. The van der Waals surface area contributed by atoms with Gasteiger partial charge in [-0.1, -0.05) is 0 Å². The molecule has 4 saturated carbocycles. The van der Waals surface area contributed by atoms with Crippen molar-refractivity contribution in [3.63, 3.8) is 0 Å². The zero-order chi connectivity index (χ0) is 11.0. The number of hydrogen-bond acceptors (Lipinski definition) is 2. The van der Waals surface area contributed by atoms with Crippen LogP contribution in [0.1, 0.15) is 44.9 Å². The number of aliphatic hydroxyl groups is 2. The first kappa shape index (κ1) is 9.90. The molecule has 90 valence electrons. The fourth-order valence-electron chi connectivity index (χ4n) is 6.24. The molecule has 1 unspecified atom stereocenters. The molecule has 0 saturated heterocycles. The Kier molecular flexibility index (Phi) is 1.76. The van der Waals surface area contributed by atoms with Crippen molar-refractivity contribution < 1.29 is 10.2 Å². The summed E-state index contributed by atoms with van der Waals surface area (Å²) in [4.78, 5) is 0. The molecule has 16 heavy (non-hydrogen) atoms. The van der Waals surface area contributed by atoms with Gasteiger partial charge in [0.05, 0.1) is 6.10 Å². The van der Waals surface area contributed by atoms with Gasteiger partial charge in [0.2, 0.25) is 0 Å². The van der Waals surface area contributed by atoms with Gasteiger partial charge >= 0.3 is 0 Å². The van der Waals surface area contributed by atoms with E-state index < -0.39 is 0 Å². The van der Waals surface area contributed by atoms with E-state index in [1.54, 1.807) is 0 Å². The quantitative estimate of drug-likeness (QED) is 0.749. The molecule has 2 bridgehead atoms. The first-order valence-electron chi connectivity index (χ1n) is 7.02. The first-order valence-corrected chi connectivity index (χ1v) is 7.02. The molecule has 2 heteroatoms. The van der Waals surface area contributed by atoms with Crippen LogP contribution in [0.4, 0.5) is 0 Å². The van der Waals surface area contributed by atoms with Crippen LogP contribution in [0.3, 0.4) is 0 Å². The molecule has 0 aromatic heterocycles. The van der Waals surface area contributed by atoms with Gasteiger partial charge in [0, 0.05) is 6.61 Å². The van der Waals surface area contributed by atoms with E-state index >= 15 is 0 Å². The van der Waals surface area contributed by atoms with Gasteiger partial charge in [0.1, 0.15) is 0 Å². The third-order valence-electron chi connectivity index (χ3n) is 6.83. The van der Waals surface area contributed by atoms with Gasteiger partial charge in [0.15, 0.2) is 0 Å². The summed E-state index contributed by atoms with van der Waals surface area (Å²) in [5, 5.41) is 19.5. The van der Waals surface area contributed by atoms with Gasteiger partial charge < -0.3 is 10.2 Å². The first-order chi connectivity index (χ1) is 7.73. The second kappa shape index (κ2) is 2.84. The highest BCUT2D eigenvalue weighted by Crippen LogP contribution is 2.86. The van der Waals surface area contributed by atoms with E-state index in [0.29, 0.717) is 23.4 Å². The lowest BCUT2D eigenvalue weighted by Crippen LogP contribution is -2.26. The highest BCUT2D eigenvalue weighted by Gasteiger charge is 2.79. The van der Waals surface area contributed by atoms with Gasteiger partial charge in [0.25, 0.3) is 0 Å². The minimum atomic E-state index is -0.0119. The van der Waals surface area contributed by atoms with Crippen LogP contribution >= 0.6 is 0 Å². The minimum absolute atomic E-state index is 0.0119. The summed E-state index contributed by atoms with van der Waals surface area (Å²) in [5.41, 5.74) is 1.09. The zero-order valence-corrected chi connectivity index (χ0v) is 9.86. The third-order valence-corrected chi connectivity index (χ3v) is 6.83. The summed E-state index contributed by atoms with van der Waals surface area (Å²) >= 11 is 0. The lowest BCUT2D eigenvalue weighted by Gasteiger charge is -2.26. The Morgan fingerprint density at radius 1 is 1.19 bits per heavy atom. The van der Waals surface area contributed by atoms with Crippen molar-refractivity contribution >= 4 is 0 Å². The summed E-state index contributed by atoms with van der Waals surface area (Å²) in [6, 6.07) is 0. The average Bonchev–Trinajstić information content (AvgIpc) is 2.68. The van der Waals surface area contributed by atoms with Gasteiger partial charge in [-0.25, -0.2) is 0 Å². The third kappa shape index (κ3) is 0.862. The molecule has 4 aliphatic rings. The molecule has 2 N–H and O–H groups in total. The Morgan fingerprint density at radius 2 is 2.06 bits per heavy atom. The molecule has 4 rings (SSSR count). The predicted molar refractivity (Wildman–Crippen MR) is 60.7 cm³/mol. The van der Waals surface area contributed by atoms with Gasteiger partial charge in [-0.2, -0.15) is 0 Å². The van der Waals surface area contributed by atoms with E-state index in [1.165, 1.54) is 32.1 Å². The smallest absolute Gasteiger partial charge is 0.0571 e. The molecule has 0 amide bonds. The van der Waals surface area contributed by atoms with Crippen LogP contribution in [0.2, 0.25) is 0 Å². The summed E-state index contributed by atoms with van der Waals surface area (Å²) in [5.74, 6) is 2.24. The molecular weight excluding hydrogens is 200 g/mol. The molecule has 0 aliphatic heterocycles. The van der Waals surface area contributed by atoms with Crippen LogP contribution in [-0.2, 0) is 0 Å². The van der Waals surface area contributed by atoms with E-state index in [0.717, 1.165) is 24.7 Å². The molecule has 6 atom stereocenters. The second-order valence-electron chi connectivity index (χ2n) is 6.85. The summed E-state index contributed by atoms with van der Waals surface area (Å²) < 4.78 is 0. The van der Waals surface area contributed by atoms with Crippen LogP contribution < -0.4 is 0 Å². The fraction of sp³-hybridized carbons (Fsp3) is 1.00. The molecule has 0 heterocycles. The molecule has 1 spiro atoms. The van der Waals surface area contributed by atoms with Crippen molar-refractivity contribution in [3.05, 3.63) is 0 Å². The average molecular weight is 222 g/mol. The number of aliphatic hydroxyl groups excluding tert-OH is 2. The van der Waals surface area contributed by atoms with Crippen molar-refractivity contribution in [2.45, 2.75) is 51.0 Å². The molecule has 2 nitrogen and oxygen atoms in total. The van der Waals surface area contributed by atoms with Crippen molar-refractivity contribution in [3.8, 4) is 0 Å². The van der Waals surface area contributed by atoms with Crippen molar-refractivity contribution in [1.82, 2.24) is 0 Å². The number of rotatable bonds is 2. The van der Waals surface area contributed by atoms with E-state index in [4.69, 9.17) is 0 Å². The Balaban J connectivity index is 1.74. The molecular formula is C14H22O2. The maximum absolute atomic E-state index is 10.2. The zero-order valence-electron chi connectivity index (χ0n) is 9.86. The normalized spacial score (nSPS) is 61.9. The van der Waals surface area contributed by atoms with E-state index in [1.807, 2.05) is 0 Å². The largest absolute Gasteiger partial charge is 0.396 e. The molecule has 4 fully saturated rings. The molecule has 0 radical (unpaired) electrons. The Morgan fingerprint density at radius 3 is 2.88 bits per heavy atom. The highest BCUT2D eigenvalue weighted by atomic mass is 16.3. The Labute approximate surface area is 97.0 Å². The highest BCUT2D eigenvalue weighted by molar-refractivity contribution is 5.28. The maximum atomic E-state index is 10.2. The number of hydrogen-bond donors (Lipinski definition) is 2. The monoisotopic (exact) mass is 222 g/mol. The topological polar surface area (TPSA) is 40.5 Å². The summed E-state index contributed by atoms with van der Waals surface area (Å²) in [7, 11) is 0. The van der Waals surface area contributed by atoms with E-state index in [-0.39, 0.29) is 6.10 Å². The van der Waals surface area contributed by atoms with Gasteiger partial charge in [-0.3, -0.25) is 0 Å². The van der Waals surface area contributed by atoms with Crippen LogP contribution in [0, 0.1) is 28.6 Å². The molecule has 0 aromatic carbocycles. The summed E-state index contributed by atoms with van der Waals surface area (Å²) in [6.07, 6.45) is 8.60. The SMILES string of the molecule is OCC[C@@]12C[C@@]13CC[C@H]1C(O)CC[C@@H]2C[C@H]13. The van der Waals surface area contributed by atoms with Crippen LogP contribution in [-0.4, -0.2) is 22.9 Å². The lowest BCUT2D eigenvalue weighted by atomic mass is 9.80. The molecule has 4 aliphatic carbocycles. The van der Waals surface area contributed by atoms with Crippen molar-refractivity contribution in [2.24, 2.45) is 28.6 Å². The van der Waals surface area contributed by atoms with Crippen LogP contribution in [0.25, 0.3) is 0 Å². The maximum Gasteiger partial charge on any atom is 0.0571 e. The fourth-order valence-corrected chi connectivity index (χ4v) is 6.24. The summed E-state index contributed by atoms with van der Waals surface area (Å²) in [6.45, 7) is 0.373. The Bertz CT molecular complexity index is 329. The standard InChI is InChI=1S/C14H22O2/c15-6-5-13-8-14(13)4-3-10-11(14)7-9(13)1-2-12(10)16/h9-12,15-16H,1-8H2/t9-,10-,11-,12?,13+,14-/m1/s1. The Hall–Kier alpha value is -0.0800. The van der Waals surface area contributed by atoms with E-state index in [9.17, 15) is 10.2 Å². The van der Waals surface area contributed by atoms with Crippen molar-refractivity contribution in [2.75, 3.05) is 6.61 Å². The lowest BCUT2D eigenvalue weighted by molar-refractivity contribution is 0.0702. The molecule has 0 aromatic rings. The van der Waals surface area contributed by atoms with Gasteiger partial charge in [-0.15, -0.1) is 0 Å². The van der Waals surface area contributed by atoms with E-state index in [2.05, 4.69) is 0 Å². The van der Waals surface area contributed by atoms with Gasteiger partial charge in [-0.05, 0) is 73.5 Å². The second-order valence-corrected chi connectivity index (χ2v) is 6.85. The van der Waals surface area contributed by atoms with Crippen molar-refractivity contribution in [1.29, 1.82) is 0 Å².